The van der Waals surface area contributed by atoms with Crippen LogP contribution in [0.1, 0.15) is 26.7 Å². The quantitative estimate of drug-likeness (QED) is 0.248. The van der Waals surface area contributed by atoms with Crippen molar-refractivity contribution in [1.29, 1.82) is 0 Å². The second-order valence-corrected chi connectivity index (χ2v) is 9.69. The van der Waals surface area contributed by atoms with E-state index in [1.807, 2.05) is 0 Å². The van der Waals surface area contributed by atoms with E-state index < -0.39 is 61.9 Å². The summed E-state index contributed by atoms with van der Waals surface area (Å²) in [7, 11) is 0. The van der Waals surface area contributed by atoms with Gasteiger partial charge in [0.15, 0.2) is 12.6 Å². The molecule has 178 valence electrons. The molecule has 3 aliphatic carbocycles. The molecular weight excluding hydrogens is 412 g/mol. The van der Waals surface area contributed by atoms with Crippen molar-refractivity contribution in [2.45, 2.75) is 82.0 Å². The Kier molecular flexibility index (Phi) is 6.78. The van der Waals surface area contributed by atoms with Crippen LogP contribution in [0.2, 0.25) is 0 Å². The average Bonchev–Trinajstić information content (AvgIpc) is 3.04. The van der Waals surface area contributed by atoms with Crippen molar-refractivity contribution in [3.05, 3.63) is 11.6 Å². The standard InChI is InChI=1S/C21H34O10/c1-21(2)10-4-3-9(11(21)5-10)7-28-20-18(27)16(25)15(24)13(31-20)8-29-19-17(26)14(23)12(6-22)30-19/h3,10-20,22-27H,4-8H2,1-2H3/t10-,11-,12+,13-,14+,15-,16+,17-,18-,19-,20-/m1/s1. The SMILES string of the molecule is CC1(C)[C@@H]2CC=C(CO[C@@H]3O[C@H](CO[C@@H]4O[C@@H](CO)[C@H](O)[C@H]4O)[C@@H](O)[C@H](O)[C@H]3O)[C@H]1C2. The van der Waals surface area contributed by atoms with E-state index in [1.165, 1.54) is 0 Å². The predicted molar refractivity (Wildman–Crippen MR) is 104 cm³/mol. The highest BCUT2D eigenvalue weighted by molar-refractivity contribution is 5.23. The van der Waals surface area contributed by atoms with Gasteiger partial charge in [0.2, 0.25) is 0 Å². The highest BCUT2D eigenvalue weighted by Crippen LogP contribution is 2.59. The maximum absolute atomic E-state index is 10.3. The van der Waals surface area contributed by atoms with E-state index in [-0.39, 0.29) is 18.6 Å². The van der Waals surface area contributed by atoms with Gasteiger partial charge in [-0.2, -0.15) is 0 Å². The number of hydrogen-bond acceptors (Lipinski definition) is 10. The first-order valence-electron chi connectivity index (χ1n) is 10.9. The molecule has 5 rings (SSSR count). The number of hydrogen-bond donors (Lipinski definition) is 6. The van der Waals surface area contributed by atoms with Gasteiger partial charge in [0.25, 0.3) is 0 Å². The lowest BCUT2D eigenvalue weighted by atomic mass is 9.49. The maximum atomic E-state index is 10.3. The van der Waals surface area contributed by atoms with Gasteiger partial charge in [-0.3, -0.25) is 0 Å². The third kappa shape index (κ3) is 4.19. The Morgan fingerprint density at radius 1 is 0.903 bits per heavy atom. The smallest absolute Gasteiger partial charge is 0.187 e. The molecule has 0 aromatic heterocycles. The summed E-state index contributed by atoms with van der Waals surface area (Å²) in [5.41, 5.74) is 1.38. The monoisotopic (exact) mass is 446 g/mol. The van der Waals surface area contributed by atoms with Crippen molar-refractivity contribution < 1.29 is 49.6 Å². The fourth-order valence-electron chi connectivity index (χ4n) is 5.20. The summed E-state index contributed by atoms with van der Waals surface area (Å²) in [5.74, 6) is 1.11. The van der Waals surface area contributed by atoms with Crippen molar-refractivity contribution in [2.24, 2.45) is 17.3 Å². The van der Waals surface area contributed by atoms with Crippen LogP contribution in [0, 0.1) is 17.3 Å². The zero-order valence-corrected chi connectivity index (χ0v) is 17.8. The third-order valence-electron chi connectivity index (χ3n) is 7.59. The molecule has 0 aromatic rings. The maximum Gasteiger partial charge on any atom is 0.187 e. The number of ether oxygens (including phenoxy) is 4. The Labute approximate surface area is 181 Å². The number of aliphatic hydroxyl groups is 6. The van der Waals surface area contributed by atoms with Gasteiger partial charge in [-0.05, 0) is 35.7 Å². The largest absolute Gasteiger partial charge is 0.394 e. The molecule has 6 N–H and O–H groups in total. The molecule has 10 heteroatoms. The van der Waals surface area contributed by atoms with E-state index in [0.717, 1.165) is 18.4 Å². The molecule has 0 aromatic carbocycles. The fourth-order valence-corrected chi connectivity index (χ4v) is 5.20. The first kappa shape index (κ1) is 23.5. The minimum atomic E-state index is -1.51. The molecule has 5 aliphatic rings. The molecule has 2 bridgehead atoms. The highest BCUT2D eigenvalue weighted by Gasteiger charge is 2.52. The van der Waals surface area contributed by atoms with E-state index in [1.54, 1.807) is 0 Å². The number of allylic oxidation sites excluding steroid dienone is 1. The van der Waals surface area contributed by atoms with Crippen molar-refractivity contribution in [3.8, 4) is 0 Å². The molecule has 0 spiro atoms. The Bertz CT molecular complexity index is 669. The van der Waals surface area contributed by atoms with Gasteiger partial charge in [0.1, 0.15) is 42.7 Å². The van der Waals surface area contributed by atoms with Crippen molar-refractivity contribution >= 4 is 0 Å². The molecule has 2 saturated heterocycles. The van der Waals surface area contributed by atoms with Crippen molar-refractivity contribution in [2.75, 3.05) is 19.8 Å². The minimum absolute atomic E-state index is 0.227. The van der Waals surface area contributed by atoms with Crippen LogP contribution >= 0.6 is 0 Å². The molecule has 2 aliphatic heterocycles. The predicted octanol–water partition coefficient (Wildman–Crippen LogP) is -1.74. The summed E-state index contributed by atoms with van der Waals surface area (Å²) in [6.45, 7) is 3.97. The van der Waals surface area contributed by atoms with E-state index >= 15 is 0 Å². The summed E-state index contributed by atoms with van der Waals surface area (Å²) in [5, 5.41) is 59.7. The van der Waals surface area contributed by atoms with Crippen LogP contribution in [0.15, 0.2) is 11.6 Å². The average molecular weight is 446 g/mol. The lowest BCUT2D eigenvalue weighted by molar-refractivity contribution is -0.309. The molecule has 1 saturated carbocycles. The topological polar surface area (TPSA) is 158 Å². The summed E-state index contributed by atoms with van der Waals surface area (Å²) in [6.07, 6.45) is -7.24. The van der Waals surface area contributed by atoms with Crippen LogP contribution in [0.25, 0.3) is 0 Å². The normalized spacial score (nSPS) is 48.9. The molecule has 2 heterocycles. The zero-order valence-electron chi connectivity index (χ0n) is 17.8. The molecule has 10 nitrogen and oxygen atoms in total. The molecule has 3 fully saturated rings. The lowest BCUT2D eigenvalue weighted by Gasteiger charge is -2.56. The fraction of sp³-hybridized carbons (Fsp3) is 0.905. The van der Waals surface area contributed by atoms with Crippen molar-refractivity contribution in [3.63, 3.8) is 0 Å². The Hall–Kier alpha value is -0.660. The van der Waals surface area contributed by atoms with Gasteiger partial charge in [-0.25, -0.2) is 0 Å². The Morgan fingerprint density at radius 2 is 1.52 bits per heavy atom. The van der Waals surface area contributed by atoms with Crippen LogP contribution in [-0.2, 0) is 18.9 Å². The van der Waals surface area contributed by atoms with Crippen LogP contribution in [0.3, 0.4) is 0 Å². The molecule has 0 amide bonds. The van der Waals surface area contributed by atoms with Crippen LogP contribution in [-0.4, -0.2) is 106 Å². The lowest BCUT2D eigenvalue weighted by Crippen LogP contribution is -2.59. The summed E-state index contributed by atoms with van der Waals surface area (Å²) >= 11 is 0. The van der Waals surface area contributed by atoms with Gasteiger partial charge in [-0.1, -0.05) is 19.9 Å². The van der Waals surface area contributed by atoms with Gasteiger partial charge in [-0.15, -0.1) is 0 Å². The van der Waals surface area contributed by atoms with E-state index in [2.05, 4.69) is 19.9 Å². The Morgan fingerprint density at radius 3 is 2.13 bits per heavy atom. The number of rotatable bonds is 7. The molecule has 31 heavy (non-hydrogen) atoms. The summed E-state index contributed by atoms with van der Waals surface area (Å²) in [6, 6.07) is 0. The summed E-state index contributed by atoms with van der Waals surface area (Å²) < 4.78 is 22.1. The van der Waals surface area contributed by atoms with Crippen LogP contribution in [0.5, 0.6) is 0 Å². The molecular formula is C21H34O10. The van der Waals surface area contributed by atoms with E-state index in [9.17, 15) is 25.5 Å². The second kappa shape index (κ2) is 8.94. The molecule has 11 atom stereocenters. The minimum Gasteiger partial charge on any atom is -0.394 e. The van der Waals surface area contributed by atoms with Gasteiger partial charge < -0.3 is 49.6 Å². The van der Waals surface area contributed by atoms with E-state index in [0.29, 0.717) is 11.8 Å². The first-order chi connectivity index (χ1) is 14.6. The zero-order chi connectivity index (χ0) is 22.5. The van der Waals surface area contributed by atoms with Gasteiger partial charge in [0.05, 0.1) is 19.8 Å². The highest BCUT2D eigenvalue weighted by atomic mass is 16.7. The van der Waals surface area contributed by atoms with Crippen molar-refractivity contribution in [1.82, 2.24) is 0 Å². The van der Waals surface area contributed by atoms with Crippen LogP contribution < -0.4 is 0 Å². The summed E-state index contributed by atoms with van der Waals surface area (Å²) in [4.78, 5) is 0. The molecule has 0 unspecified atom stereocenters. The first-order valence-corrected chi connectivity index (χ1v) is 10.9. The van der Waals surface area contributed by atoms with Gasteiger partial charge in [0, 0.05) is 0 Å². The number of fused-ring (bicyclic) bond motifs is 1. The second-order valence-electron chi connectivity index (χ2n) is 9.69. The molecule has 0 radical (unpaired) electrons. The Balaban J connectivity index is 1.33. The van der Waals surface area contributed by atoms with Crippen LogP contribution in [0.4, 0.5) is 0 Å². The number of aliphatic hydroxyl groups excluding tert-OH is 6. The van der Waals surface area contributed by atoms with E-state index in [4.69, 9.17) is 24.1 Å². The van der Waals surface area contributed by atoms with Gasteiger partial charge >= 0.3 is 0 Å². The third-order valence-corrected chi connectivity index (χ3v) is 7.59.